The van der Waals surface area contributed by atoms with Gasteiger partial charge in [0.1, 0.15) is 48.7 Å². The lowest BCUT2D eigenvalue weighted by Gasteiger charge is -2.47. The fourth-order valence-corrected chi connectivity index (χ4v) is 3.38. The third-order valence-corrected chi connectivity index (χ3v) is 4.78. The van der Waals surface area contributed by atoms with Crippen molar-refractivity contribution in [1.29, 1.82) is 0 Å². The van der Waals surface area contributed by atoms with Crippen LogP contribution in [0.25, 0.3) is 0 Å². The fraction of sp³-hybridized carbons (Fsp3) is 0.875. The Bertz CT molecular complexity index is 579. The summed E-state index contributed by atoms with van der Waals surface area (Å²) >= 11 is 0. The van der Waals surface area contributed by atoms with Gasteiger partial charge in [-0.3, -0.25) is 9.59 Å². The van der Waals surface area contributed by atoms with Crippen molar-refractivity contribution >= 4 is 11.8 Å². The van der Waals surface area contributed by atoms with Gasteiger partial charge < -0.3 is 55.5 Å². The maximum atomic E-state index is 11.5. The zero-order valence-electron chi connectivity index (χ0n) is 15.9. The highest BCUT2D eigenvalue weighted by Gasteiger charge is 2.51. The minimum absolute atomic E-state index is 0.568. The third kappa shape index (κ3) is 5.39. The highest BCUT2D eigenvalue weighted by Crippen LogP contribution is 2.28. The lowest BCUT2D eigenvalue weighted by Crippen LogP contribution is -2.69. The first-order valence-electron chi connectivity index (χ1n) is 9.05. The Kier molecular flexibility index (Phi) is 8.28. The minimum atomic E-state index is -1.64. The lowest BCUT2D eigenvalue weighted by atomic mass is 9.94. The molecule has 2 rings (SSSR count). The molecule has 0 unspecified atom stereocenters. The molecule has 2 aliphatic heterocycles. The Balaban J connectivity index is 2.26. The molecule has 2 saturated heterocycles. The molecule has 0 saturated carbocycles. The van der Waals surface area contributed by atoms with Crippen LogP contribution in [0.2, 0.25) is 0 Å². The molecular weight excluding hydrogens is 396 g/mol. The number of ether oxygens (including phenoxy) is 3. The van der Waals surface area contributed by atoms with Crippen molar-refractivity contribution in [2.75, 3.05) is 13.2 Å². The molecule has 2 heterocycles. The van der Waals surface area contributed by atoms with Gasteiger partial charge in [-0.25, -0.2) is 0 Å². The van der Waals surface area contributed by atoms with Gasteiger partial charge in [0.15, 0.2) is 12.6 Å². The summed E-state index contributed by atoms with van der Waals surface area (Å²) in [6.45, 7) is 0.962. The molecule has 10 atom stereocenters. The van der Waals surface area contributed by atoms with Crippen LogP contribution in [0.5, 0.6) is 0 Å². The minimum Gasteiger partial charge on any atom is -0.394 e. The topological polar surface area (TPSA) is 207 Å². The molecule has 0 bridgehead atoms. The van der Waals surface area contributed by atoms with E-state index in [1.165, 1.54) is 0 Å². The van der Waals surface area contributed by atoms with Crippen LogP contribution in [-0.4, -0.2) is 117 Å². The van der Waals surface area contributed by atoms with E-state index in [1.54, 1.807) is 0 Å². The van der Waals surface area contributed by atoms with Gasteiger partial charge in [0.05, 0.1) is 13.2 Å². The van der Waals surface area contributed by atoms with Gasteiger partial charge in [-0.2, -0.15) is 0 Å². The van der Waals surface area contributed by atoms with Crippen LogP contribution in [-0.2, 0) is 23.8 Å². The van der Waals surface area contributed by atoms with E-state index in [0.717, 1.165) is 13.8 Å². The van der Waals surface area contributed by atoms with E-state index in [9.17, 15) is 40.2 Å². The molecule has 29 heavy (non-hydrogen) atoms. The number of amides is 2. The second kappa shape index (κ2) is 10.1. The van der Waals surface area contributed by atoms with E-state index in [0.29, 0.717) is 0 Å². The Morgan fingerprint density at radius 1 is 0.828 bits per heavy atom. The molecule has 0 radical (unpaired) electrons. The molecule has 2 amide bonds. The summed E-state index contributed by atoms with van der Waals surface area (Å²) in [6.07, 6.45) is -11.7. The summed E-state index contributed by atoms with van der Waals surface area (Å²) in [4.78, 5) is 22.8. The Hall–Kier alpha value is -1.42. The second-order valence-corrected chi connectivity index (χ2v) is 7.00. The predicted octanol–water partition coefficient (Wildman–Crippen LogP) is -5.11. The lowest BCUT2D eigenvalue weighted by molar-refractivity contribution is -0.327. The SMILES string of the molecule is CC(=O)N[C@@H]1[C@H](O[C@H]2[C@H](O)[C@@H](NC(C)=O)[C@@H](O)O[C@@H]2CO)O[C@H](CO)[C@@H](O)[C@@H]1O. The predicted molar refractivity (Wildman–Crippen MR) is 91.8 cm³/mol. The number of aliphatic hydroxyl groups is 6. The molecule has 0 aromatic carbocycles. The van der Waals surface area contributed by atoms with E-state index < -0.39 is 86.3 Å². The number of carbonyl (C=O) groups excluding carboxylic acids is 2. The van der Waals surface area contributed by atoms with Crippen molar-refractivity contribution in [2.45, 2.75) is 75.1 Å². The number of hydrogen-bond donors (Lipinski definition) is 8. The van der Waals surface area contributed by atoms with Gasteiger partial charge >= 0.3 is 0 Å². The van der Waals surface area contributed by atoms with Crippen LogP contribution in [0.15, 0.2) is 0 Å². The van der Waals surface area contributed by atoms with E-state index in [4.69, 9.17) is 14.2 Å². The smallest absolute Gasteiger partial charge is 0.217 e. The van der Waals surface area contributed by atoms with Crippen molar-refractivity contribution in [3.8, 4) is 0 Å². The molecule has 168 valence electrons. The third-order valence-electron chi connectivity index (χ3n) is 4.78. The number of hydrogen-bond acceptors (Lipinski definition) is 11. The summed E-state index contributed by atoms with van der Waals surface area (Å²) in [5.41, 5.74) is 0. The van der Waals surface area contributed by atoms with E-state index in [-0.39, 0.29) is 0 Å². The number of carbonyl (C=O) groups is 2. The molecular formula is C16H28N2O11. The quantitative estimate of drug-likeness (QED) is 0.202. The highest BCUT2D eigenvalue weighted by atomic mass is 16.7. The highest BCUT2D eigenvalue weighted by molar-refractivity contribution is 5.73. The number of rotatable bonds is 6. The summed E-state index contributed by atoms with van der Waals surface area (Å²) < 4.78 is 16.3. The van der Waals surface area contributed by atoms with Crippen LogP contribution in [0.3, 0.4) is 0 Å². The van der Waals surface area contributed by atoms with Crippen LogP contribution < -0.4 is 10.6 Å². The van der Waals surface area contributed by atoms with Crippen LogP contribution >= 0.6 is 0 Å². The first-order chi connectivity index (χ1) is 13.6. The molecule has 0 aromatic heterocycles. The van der Waals surface area contributed by atoms with Gasteiger partial charge in [-0.05, 0) is 0 Å². The average molecular weight is 424 g/mol. The van der Waals surface area contributed by atoms with E-state index in [2.05, 4.69) is 10.6 Å². The molecule has 8 N–H and O–H groups in total. The van der Waals surface area contributed by atoms with Gasteiger partial charge in [0.2, 0.25) is 11.8 Å². The van der Waals surface area contributed by atoms with Crippen LogP contribution in [0.4, 0.5) is 0 Å². The maximum absolute atomic E-state index is 11.5. The second-order valence-electron chi connectivity index (χ2n) is 7.00. The normalized spacial score (nSPS) is 42.9. The van der Waals surface area contributed by atoms with Crippen molar-refractivity contribution < 1.29 is 54.4 Å². The number of aliphatic hydroxyl groups excluding tert-OH is 6. The Morgan fingerprint density at radius 3 is 1.90 bits per heavy atom. The van der Waals surface area contributed by atoms with Gasteiger partial charge in [-0.15, -0.1) is 0 Å². The van der Waals surface area contributed by atoms with Crippen molar-refractivity contribution in [3.05, 3.63) is 0 Å². The van der Waals surface area contributed by atoms with E-state index >= 15 is 0 Å². The molecule has 0 aliphatic carbocycles. The van der Waals surface area contributed by atoms with Crippen LogP contribution in [0, 0.1) is 0 Å². The van der Waals surface area contributed by atoms with Gasteiger partial charge in [0, 0.05) is 13.8 Å². The van der Waals surface area contributed by atoms with Crippen molar-refractivity contribution in [2.24, 2.45) is 0 Å². The molecule has 2 aliphatic rings. The molecule has 13 heteroatoms. The van der Waals surface area contributed by atoms with Gasteiger partial charge in [-0.1, -0.05) is 0 Å². The van der Waals surface area contributed by atoms with Crippen LogP contribution in [0.1, 0.15) is 13.8 Å². The van der Waals surface area contributed by atoms with Crippen molar-refractivity contribution in [1.82, 2.24) is 10.6 Å². The summed E-state index contributed by atoms with van der Waals surface area (Å²) in [5, 5.41) is 64.5. The first kappa shape index (κ1) is 23.9. The van der Waals surface area contributed by atoms with E-state index in [1.807, 2.05) is 0 Å². The zero-order chi connectivity index (χ0) is 21.9. The zero-order valence-corrected chi connectivity index (χ0v) is 15.9. The first-order valence-corrected chi connectivity index (χ1v) is 9.05. The Morgan fingerprint density at radius 2 is 1.38 bits per heavy atom. The summed E-state index contributed by atoms with van der Waals surface area (Å²) in [6, 6.07) is -2.59. The molecule has 2 fully saturated rings. The average Bonchev–Trinajstić information content (AvgIpc) is 2.65. The fourth-order valence-electron chi connectivity index (χ4n) is 3.38. The summed E-state index contributed by atoms with van der Waals surface area (Å²) in [7, 11) is 0. The largest absolute Gasteiger partial charge is 0.394 e. The summed E-state index contributed by atoms with van der Waals surface area (Å²) in [5.74, 6) is -1.14. The number of nitrogens with one attached hydrogen (secondary N) is 2. The monoisotopic (exact) mass is 424 g/mol. The van der Waals surface area contributed by atoms with Crippen molar-refractivity contribution in [3.63, 3.8) is 0 Å². The molecule has 0 aromatic rings. The standard InChI is InChI=1S/C16H28N2O11/c1-5(21)17-9-13(25)14(8(4-20)27-15(9)26)29-16-10(18-6(2)22)12(24)11(23)7(3-19)28-16/h7-16,19-20,23-26H,3-4H2,1-2H3,(H,17,21)(H,18,22)/t7-,8-,9-,10+,11-,12-,13-,14-,15+,16+/m1/s1. The van der Waals surface area contributed by atoms with Gasteiger partial charge in [0.25, 0.3) is 0 Å². The Labute approximate surface area is 166 Å². The maximum Gasteiger partial charge on any atom is 0.217 e. The molecule has 13 nitrogen and oxygen atoms in total. The molecule has 0 spiro atoms.